The third-order valence-corrected chi connectivity index (χ3v) is 7.91. The maximum Gasteiger partial charge on any atom is 0.247 e. The Morgan fingerprint density at radius 3 is 2.50 bits per heavy atom. The summed E-state index contributed by atoms with van der Waals surface area (Å²) in [5, 5.41) is 2.79. The normalized spacial score (nSPS) is 25.3. The molecule has 1 N–H and O–H groups in total. The van der Waals surface area contributed by atoms with Crippen LogP contribution >= 0.6 is 0 Å². The fourth-order valence-electron chi connectivity index (χ4n) is 3.87. The predicted molar refractivity (Wildman–Crippen MR) is 107 cm³/mol. The van der Waals surface area contributed by atoms with Crippen molar-refractivity contribution < 1.29 is 17.9 Å². The number of sulfonamides is 1. The summed E-state index contributed by atoms with van der Waals surface area (Å²) in [6, 6.07) is 16.4. The van der Waals surface area contributed by atoms with E-state index in [4.69, 9.17) is 4.74 Å². The van der Waals surface area contributed by atoms with Gasteiger partial charge in [-0.25, -0.2) is 8.42 Å². The molecule has 1 saturated heterocycles. The number of rotatable bonds is 6. The third kappa shape index (κ3) is 3.18. The van der Waals surface area contributed by atoms with E-state index in [1.54, 1.807) is 24.3 Å². The Bertz CT molecular complexity index is 973. The molecule has 6 nitrogen and oxygen atoms in total. The minimum absolute atomic E-state index is 0.0609. The Labute approximate surface area is 165 Å². The molecular weight excluding hydrogens is 376 g/mol. The topological polar surface area (TPSA) is 75.7 Å². The van der Waals surface area contributed by atoms with Gasteiger partial charge in [-0.1, -0.05) is 30.3 Å². The fourth-order valence-corrected chi connectivity index (χ4v) is 6.22. The summed E-state index contributed by atoms with van der Waals surface area (Å²) in [5.74, 6) is 0.119. The Balaban J connectivity index is 1.47. The van der Waals surface area contributed by atoms with Crippen LogP contribution in [0.4, 0.5) is 5.69 Å². The van der Waals surface area contributed by atoms with E-state index in [0.29, 0.717) is 30.9 Å². The molecule has 148 valence electrons. The van der Waals surface area contributed by atoms with E-state index in [-0.39, 0.29) is 12.0 Å². The monoisotopic (exact) mass is 400 g/mol. The molecule has 0 bridgehead atoms. The highest BCUT2D eigenvalue weighted by molar-refractivity contribution is 7.92. The molecule has 2 aromatic carbocycles. The lowest BCUT2D eigenvalue weighted by atomic mass is 10.2. The standard InChI is InChI=1S/C21H24N2O4S/c1-15(2)27-19-10-8-18(9-11-19)22-20(24)21-12-17(21)14-23(28(21,25)26)13-16-6-4-3-5-7-16/h3-11,15,17H,12-14H2,1-2H3,(H,22,24)/t17-,21+/m1/s1. The maximum atomic E-state index is 13.1. The summed E-state index contributed by atoms with van der Waals surface area (Å²) in [5.41, 5.74) is 1.49. The SMILES string of the molecule is CC(C)Oc1ccc(NC(=O)[C@]23C[C@@H]2CN(Cc2ccccc2)S3(=O)=O)cc1. The predicted octanol–water partition coefficient (Wildman–Crippen LogP) is 3.02. The molecule has 1 aliphatic heterocycles. The number of carbonyl (C=O) groups is 1. The van der Waals surface area contributed by atoms with Crippen molar-refractivity contribution in [3.05, 3.63) is 60.2 Å². The molecule has 0 unspecified atom stereocenters. The number of carbonyl (C=O) groups excluding carboxylic acids is 1. The van der Waals surface area contributed by atoms with Gasteiger partial charge in [0.2, 0.25) is 15.9 Å². The lowest BCUT2D eigenvalue weighted by Crippen LogP contribution is -2.41. The van der Waals surface area contributed by atoms with E-state index in [1.807, 2.05) is 44.2 Å². The van der Waals surface area contributed by atoms with Crippen molar-refractivity contribution >= 4 is 21.6 Å². The molecule has 7 heteroatoms. The van der Waals surface area contributed by atoms with Gasteiger partial charge in [0, 0.05) is 24.7 Å². The van der Waals surface area contributed by atoms with Crippen molar-refractivity contribution in [3.8, 4) is 5.75 Å². The van der Waals surface area contributed by atoms with Crippen molar-refractivity contribution in [2.24, 2.45) is 5.92 Å². The second-order valence-corrected chi connectivity index (χ2v) is 9.91. The minimum Gasteiger partial charge on any atom is -0.491 e. The first kappa shape index (κ1) is 19.0. The Morgan fingerprint density at radius 1 is 1.18 bits per heavy atom. The first-order valence-corrected chi connectivity index (χ1v) is 10.9. The fraction of sp³-hybridized carbons (Fsp3) is 0.381. The minimum atomic E-state index is -3.70. The number of hydrogen-bond donors (Lipinski definition) is 1. The lowest BCUT2D eigenvalue weighted by Gasteiger charge is -2.21. The van der Waals surface area contributed by atoms with Gasteiger partial charge in [-0.2, -0.15) is 4.31 Å². The van der Waals surface area contributed by atoms with Crippen LogP contribution in [0.2, 0.25) is 0 Å². The van der Waals surface area contributed by atoms with Crippen LogP contribution in [0.3, 0.4) is 0 Å². The summed E-state index contributed by atoms with van der Waals surface area (Å²) < 4.78 is 31.9. The zero-order chi connectivity index (χ0) is 19.9. The highest BCUT2D eigenvalue weighted by Gasteiger charge is 2.75. The van der Waals surface area contributed by atoms with E-state index in [2.05, 4.69) is 5.32 Å². The van der Waals surface area contributed by atoms with Crippen molar-refractivity contribution in [2.45, 2.75) is 37.7 Å². The molecule has 0 aromatic heterocycles. The molecule has 1 saturated carbocycles. The van der Waals surface area contributed by atoms with E-state index in [9.17, 15) is 13.2 Å². The van der Waals surface area contributed by atoms with Crippen LogP contribution in [-0.2, 0) is 21.4 Å². The molecule has 1 heterocycles. The van der Waals surface area contributed by atoms with Gasteiger partial charge in [0.15, 0.2) is 4.75 Å². The van der Waals surface area contributed by atoms with Gasteiger partial charge >= 0.3 is 0 Å². The number of nitrogens with zero attached hydrogens (tertiary/aromatic N) is 1. The Hall–Kier alpha value is -2.38. The van der Waals surface area contributed by atoms with Crippen LogP contribution in [-0.4, -0.2) is 36.0 Å². The van der Waals surface area contributed by atoms with E-state index in [1.165, 1.54) is 4.31 Å². The number of amides is 1. The zero-order valence-electron chi connectivity index (χ0n) is 16.0. The molecule has 4 rings (SSSR count). The summed E-state index contributed by atoms with van der Waals surface area (Å²) in [6.45, 7) is 4.57. The highest BCUT2D eigenvalue weighted by Crippen LogP contribution is 2.58. The Kier molecular flexibility index (Phi) is 4.67. The number of fused-ring (bicyclic) bond motifs is 1. The van der Waals surface area contributed by atoms with E-state index < -0.39 is 20.7 Å². The molecule has 2 atom stereocenters. The molecule has 28 heavy (non-hydrogen) atoms. The second kappa shape index (κ2) is 6.90. The molecule has 1 amide bonds. The van der Waals surface area contributed by atoms with Crippen LogP contribution < -0.4 is 10.1 Å². The lowest BCUT2D eigenvalue weighted by molar-refractivity contribution is -0.116. The molecule has 2 fully saturated rings. The van der Waals surface area contributed by atoms with Gasteiger partial charge in [-0.05, 0) is 50.1 Å². The van der Waals surface area contributed by atoms with Crippen molar-refractivity contribution in [2.75, 3.05) is 11.9 Å². The van der Waals surface area contributed by atoms with E-state index >= 15 is 0 Å². The van der Waals surface area contributed by atoms with Crippen LogP contribution in [0.15, 0.2) is 54.6 Å². The highest BCUT2D eigenvalue weighted by atomic mass is 32.2. The number of nitrogens with one attached hydrogen (secondary N) is 1. The van der Waals surface area contributed by atoms with Crippen molar-refractivity contribution in [1.29, 1.82) is 0 Å². The average molecular weight is 400 g/mol. The van der Waals surface area contributed by atoms with Gasteiger partial charge in [0.25, 0.3) is 0 Å². The molecule has 0 radical (unpaired) electrons. The molecule has 2 aromatic rings. The maximum absolute atomic E-state index is 13.1. The number of ether oxygens (including phenoxy) is 1. The summed E-state index contributed by atoms with van der Waals surface area (Å²) in [6.07, 6.45) is 0.451. The van der Waals surface area contributed by atoms with Crippen LogP contribution in [0.1, 0.15) is 25.8 Å². The summed E-state index contributed by atoms with van der Waals surface area (Å²) in [7, 11) is -3.70. The molecule has 0 spiro atoms. The van der Waals surface area contributed by atoms with Gasteiger partial charge in [0.1, 0.15) is 5.75 Å². The summed E-state index contributed by atoms with van der Waals surface area (Å²) >= 11 is 0. The first-order chi connectivity index (χ1) is 13.3. The van der Waals surface area contributed by atoms with Crippen molar-refractivity contribution in [1.82, 2.24) is 4.31 Å². The Morgan fingerprint density at radius 2 is 1.86 bits per heavy atom. The number of hydrogen-bond acceptors (Lipinski definition) is 4. The molecule has 1 aliphatic carbocycles. The van der Waals surface area contributed by atoms with Gasteiger partial charge < -0.3 is 10.1 Å². The quantitative estimate of drug-likeness (QED) is 0.809. The molecule has 2 aliphatic rings. The number of benzene rings is 2. The zero-order valence-corrected chi connectivity index (χ0v) is 16.8. The van der Waals surface area contributed by atoms with Crippen molar-refractivity contribution in [3.63, 3.8) is 0 Å². The van der Waals surface area contributed by atoms with Gasteiger partial charge in [-0.15, -0.1) is 0 Å². The largest absolute Gasteiger partial charge is 0.491 e. The first-order valence-electron chi connectivity index (χ1n) is 9.45. The van der Waals surface area contributed by atoms with Gasteiger partial charge in [0.05, 0.1) is 6.10 Å². The van der Waals surface area contributed by atoms with Crippen LogP contribution in [0.5, 0.6) is 5.75 Å². The van der Waals surface area contributed by atoms with Crippen LogP contribution in [0.25, 0.3) is 0 Å². The van der Waals surface area contributed by atoms with Crippen LogP contribution in [0, 0.1) is 5.92 Å². The van der Waals surface area contributed by atoms with Gasteiger partial charge in [-0.3, -0.25) is 4.79 Å². The van der Waals surface area contributed by atoms with E-state index in [0.717, 1.165) is 5.56 Å². The number of anilines is 1. The molecular formula is C21H24N2O4S. The third-order valence-electron chi connectivity index (χ3n) is 5.34. The average Bonchev–Trinajstić information content (AvgIpc) is 3.34. The summed E-state index contributed by atoms with van der Waals surface area (Å²) in [4.78, 5) is 12.9. The second-order valence-electron chi connectivity index (χ2n) is 7.72. The smallest absolute Gasteiger partial charge is 0.247 e.